The van der Waals surface area contributed by atoms with Crippen LogP contribution >= 0.6 is 0 Å². The van der Waals surface area contributed by atoms with E-state index in [0.29, 0.717) is 12.6 Å². The van der Waals surface area contributed by atoms with E-state index in [-0.39, 0.29) is 18.0 Å². The van der Waals surface area contributed by atoms with E-state index < -0.39 is 11.1 Å². The summed E-state index contributed by atoms with van der Waals surface area (Å²) in [5, 5.41) is 0. The standard InChI is InChI=1S/C14H22N2O3/c1-13(2,3)19-12(18)16-10-7-14(16,4)11(17)15(8-10)9-5-6-9/h9-10H,5-8H2,1-4H3/t10-,14+/m0/s1. The molecule has 0 radical (unpaired) electrons. The molecule has 0 aromatic carbocycles. The third-order valence-electron chi connectivity index (χ3n) is 4.24. The summed E-state index contributed by atoms with van der Waals surface area (Å²) >= 11 is 0. The van der Waals surface area contributed by atoms with Crippen molar-refractivity contribution in [2.45, 2.75) is 70.2 Å². The van der Waals surface area contributed by atoms with Crippen LogP contribution in [0.1, 0.15) is 47.0 Å². The first-order valence-corrected chi connectivity index (χ1v) is 7.06. The van der Waals surface area contributed by atoms with Gasteiger partial charge in [0.2, 0.25) is 5.91 Å². The molecule has 0 N–H and O–H groups in total. The first-order valence-electron chi connectivity index (χ1n) is 7.06. The van der Waals surface area contributed by atoms with Gasteiger partial charge < -0.3 is 9.64 Å². The number of piperidine rings is 1. The summed E-state index contributed by atoms with van der Waals surface area (Å²) in [6, 6.07) is 0.563. The van der Waals surface area contributed by atoms with Crippen LogP contribution in [0.5, 0.6) is 0 Å². The van der Waals surface area contributed by atoms with Crippen molar-refractivity contribution < 1.29 is 14.3 Å². The Bertz CT molecular complexity index is 438. The maximum atomic E-state index is 12.5. The lowest BCUT2D eigenvalue weighted by Gasteiger charge is -2.61. The maximum Gasteiger partial charge on any atom is 0.411 e. The van der Waals surface area contributed by atoms with Gasteiger partial charge in [-0.2, -0.15) is 0 Å². The Kier molecular flexibility index (Phi) is 2.45. The molecule has 2 amide bonds. The minimum atomic E-state index is -0.673. The fourth-order valence-electron chi connectivity index (χ4n) is 3.26. The lowest BCUT2D eigenvalue weighted by atomic mass is 9.75. The number of carbonyl (C=O) groups excluding carboxylic acids is 2. The van der Waals surface area contributed by atoms with Crippen LogP contribution in [-0.2, 0) is 9.53 Å². The highest BCUT2D eigenvalue weighted by molar-refractivity contribution is 5.94. The van der Waals surface area contributed by atoms with E-state index in [4.69, 9.17) is 4.74 Å². The van der Waals surface area contributed by atoms with Crippen molar-refractivity contribution in [1.82, 2.24) is 9.80 Å². The number of carbonyl (C=O) groups is 2. The van der Waals surface area contributed by atoms with Gasteiger partial charge in [0, 0.05) is 19.0 Å². The average molecular weight is 266 g/mol. The summed E-state index contributed by atoms with van der Waals surface area (Å²) in [4.78, 5) is 28.4. The quantitative estimate of drug-likeness (QED) is 0.726. The first-order chi connectivity index (χ1) is 8.72. The molecule has 5 heteroatoms. The number of piperazine rings is 1. The molecular weight excluding hydrogens is 244 g/mol. The highest BCUT2D eigenvalue weighted by atomic mass is 16.6. The number of amides is 2. The summed E-state index contributed by atoms with van der Waals surface area (Å²) < 4.78 is 5.42. The van der Waals surface area contributed by atoms with E-state index >= 15 is 0 Å². The van der Waals surface area contributed by atoms with Crippen molar-refractivity contribution in [3.8, 4) is 0 Å². The SMILES string of the molecule is CC(C)(C)OC(=O)N1[C@@H]2CN(C3CC3)C(=O)[C@@]1(C)C2. The Labute approximate surface area is 113 Å². The molecule has 1 aliphatic carbocycles. The van der Waals surface area contributed by atoms with Gasteiger partial charge in [0.1, 0.15) is 11.1 Å². The second kappa shape index (κ2) is 3.64. The Morgan fingerprint density at radius 1 is 1.32 bits per heavy atom. The van der Waals surface area contributed by atoms with Gasteiger partial charge in [-0.15, -0.1) is 0 Å². The zero-order chi connectivity index (χ0) is 14.0. The molecular formula is C14H22N2O3. The summed E-state index contributed by atoms with van der Waals surface area (Å²) in [7, 11) is 0. The molecule has 2 atom stereocenters. The highest BCUT2D eigenvalue weighted by Crippen LogP contribution is 2.46. The van der Waals surface area contributed by atoms with Crippen LogP contribution in [0.4, 0.5) is 4.79 Å². The van der Waals surface area contributed by atoms with E-state index in [1.807, 2.05) is 32.6 Å². The summed E-state index contributed by atoms with van der Waals surface area (Å²) in [6.45, 7) is 8.09. The Morgan fingerprint density at radius 2 is 1.95 bits per heavy atom. The molecule has 4 aliphatic rings. The van der Waals surface area contributed by atoms with Crippen LogP contribution in [0.25, 0.3) is 0 Å². The van der Waals surface area contributed by atoms with Crippen LogP contribution in [0.3, 0.4) is 0 Å². The van der Waals surface area contributed by atoms with Gasteiger partial charge in [0.05, 0.1) is 6.04 Å². The van der Waals surface area contributed by atoms with Gasteiger partial charge in [-0.25, -0.2) is 4.79 Å². The highest BCUT2D eigenvalue weighted by Gasteiger charge is 2.63. The molecule has 0 aromatic heterocycles. The molecule has 5 nitrogen and oxygen atoms in total. The average Bonchev–Trinajstić information content (AvgIpc) is 3.01. The fourth-order valence-corrected chi connectivity index (χ4v) is 3.26. The van der Waals surface area contributed by atoms with Gasteiger partial charge >= 0.3 is 6.09 Å². The van der Waals surface area contributed by atoms with Crippen LogP contribution in [0, 0.1) is 0 Å². The van der Waals surface area contributed by atoms with Crippen LogP contribution < -0.4 is 0 Å². The molecule has 4 rings (SSSR count). The summed E-state index contributed by atoms with van der Waals surface area (Å²) in [5.41, 5.74) is -1.19. The van der Waals surface area contributed by atoms with Crippen LogP contribution in [0.2, 0.25) is 0 Å². The largest absolute Gasteiger partial charge is 0.444 e. The van der Waals surface area contributed by atoms with Crippen molar-refractivity contribution in [3.63, 3.8) is 0 Å². The van der Waals surface area contributed by atoms with Crippen LogP contribution in [-0.4, -0.2) is 51.6 Å². The minimum Gasteiger partial charge on any atom is -0.444 e. The number of hydrogen-bond acceptors (Lipinski definition) is 3. The van der Waals surface area contributed by atoms with E-state index in [0.717, 1.165) is 19.3 Å². The predicted molar refractivity (Wildman–Crippen MR) is 69.6 cm³/mol. The van der Waals surface area contributed by atoms with Gasteiger partial charge in [-0.3, -0.25) is 9.69 Å². The van der Waals surface area contributed by atoms with Gasteiger partial charge in [0.15, 0.2) is 0 Å². The van der Waals surface area contributed by atoms with Gasteiger partial charge in [-0.1, -0.05) is 0 Å². The minimum absolute atomic E-state index is 0.100. The zero-order valence-electron chi connectivity index (χ0n) is 12.1. The topological polar surface area (TPSA) is 49.9 Å². The van der Waals surface area contributed by atoms with Crippen LogP contribution in [0.15, 0.2) is 0 Å². The maximum absolute atomic E-state index is 12.5. The molecule has 106 valence electrons. The molecule has 3 aliphatic heterocycles. The second-order valence-electron chi connectivity index (χ2n) is 7.17. The molecule has 19 heavy (non-hydrogen) atoms. The van der Waals surface area contributed by atoms with E-state index in [1.165, 1.54) is 0 Å². The molecule has 3 saturated heterocycles. The van der Waals surface area contributed by atoms with Crippen molar-refractivity contribution in [3.05, 3.63) is 0 Å². The number of ether oxygens (including phenoxy) is 1. The predicted octanol–water partition coefficient (Wildman–Crippen LogP) is 1.76. The molecule has 4 fully saturated rings. The van der Waals surface area contributed by atoms with Gasteiger partial charge in [-0.05, 0) is 40.5 Å². The van der Waals surface area contributed by atoms with E-state index in [1.54, 1.807) is 4.90 Å². The number of hydrogen-bond donors (Lipinski definition) is 0. The molecule has 0 spiro atoms. The lowest BCUT2D eigenvalue weighted by Crippen LogP contribution is -2.79. The number of rotatable bonds is 1. The second-order valence-corrected chi connectivity index (χ2v) is 7.17. The number of fused-ring (bicyclic) bond motifs is 2. The number of nitrogens with zero attached hydrogens (tertiary/aromatic N) is 2. The fraction of sp³-hybridized carbons (Fsp3) is 0.857. The third-order valence-corrected chi connectivity index (χ3v) is 4.24. The lowest BCUT2D eigenvalue weighted by molar-refractivity contribution is -0.176. The van der Waals surface area contributed by atoms with Gasteiger partial charge in [0.25, 0.3) is 0 Å². The molecule has 3 heterocycles. The molecule has 1 saturated carbocycles. The molecule has 2 bridgehead atoms. The Morgan fingerprint density at radius 3 is 2.47 bits per heavy atom. The normalized spacial score (nSPS) is 34.1. The monoisotopic (exact) mass is 266 g/mol. The smallest absolute Gasteiger partial charge is 0.411 e. The van der Waals surface area contributed by atoms with Crippen molar-refractivity contribution in [2.24, 2.45) is 0 Å². The zero-order valence-corrected chi connectivity index (χ0v) is 12.1. The van der Waals surface area contributed by atoms with Crippen molar-refractivity contribution in [1.29, 1.82) is 0 Å². The Balaban J connectivity index is 1.75. The van der Waals surface area contributed by atoms with E-state index in [9.17, 15) is 9.59 Å². The van der Waals surface area contributed by atoms with Crippen molar-refractivity contribution in [2.75, 3.05) is 6.54 Å². The molecule has 0 unspecified atom stereocenters. The molecule has 0 aromatic rings. The summed E-state index contributed by atoms with van der Waals surface area (Å²) in [6.07, 6.45) is 2.64. The third kappa shape index (κ3) is 1.90. The van der Waals surface area contributed by atoms with Crippen molar-refractivity contribution >= 4 is 12.0 Å². The first kappa shape index (κ1) is 12.8. The summed E-state index contributed by atoms with van der Waals surface area (Å²) in [5.74, 6) is 0.100. The van der Waals surface area contributed by atoms with E-state index in [2.05, 4.69) is 0 Å². The Hall–Kier alpha value is -1.26.